The van der Waals surface area contributed by atoms with Crippen molar-refractivity contribution in [1.29, 1.82) is 0 Å². The molecule has 0 aliphatic heterocycles. The van der Waals surface area contributed by atoms with Crippen molar-refractivity contribution >= 4 is 21.9 Å². The molecule has 1 aromatic rings. The average molecular weight is 257 g/mol. The quantitative estimate of drug-likeness (QED) is 0.876. The second-order valence-corrected chi connectivity index (χ2v) is 5.22. The van der Waals surface area contributed by atoms with Crippen LogP contribution in [0.1, 0.15) is 19.3 Å². The molecule has 2 aliphatic rings. The average Bonchev–Trinajstić information content (AvgIpc) is 2.59. The Morgan fingerprint density at radius 3 is 2.64 bits per heavy atom. The SMILES string of the molecule is Nc1nc(Br)n(CC2CC3CC3C2)n1. The fraction of sp³-hybridized carbons (Fsp3) is 0.778. The van der Waals surface area contributed by atoms with E-state index in [1.165, 1.54) is 19.3 Å². The number of hydrogen-bond donors (Lipinski definition) is 1. The number of aromatic nitrogens is 3. The van der Waals surface area contributed by atoms with Crippen LogP contribution in [0.5, 0.6) is 0 Å². The molecule has 14 heavy (non-hydrogen) atoms. The molecule has 5 heteroatoms. The van der Waals surface area contributed by atoms with Crippen LogP contribution < -0.4 is 5.73 Å². The van der Waals surface area contributed by atoms with Crippen molar-refractivity contribution in [3.05, 3.63) is 4.73 Å². The topological polar surface area (TPSA) is 56.7 Å². The molecule has 2 N–H and O–H groups in total. The Labute approximate surface area is 91.0 Å². The van der Waals surface area contributed by atoms with Crippen LogP contribution >= 0.6 is 15.9 Å². The smallest absolute Gasteiger partial charge is 0.240 e. The first-order chi connectivity index (χ1) is 6.72. The first kappa shape index (κ1) is 8.71. The van der Waals surface area contributed by atoms with Gasteiger partial charge in [-0.05, 0) is 52.9 Å². The van der Waals surface area contributed by atoms with Crippen LogP contribution in [0.2, 0.25) is 0 Å². The Kier molecular flexibility index (Phi) is 1.84. The normalized spacial score (nSPS) is 34.5. The lowest BCUT2D eigenvalue weighted by atomic mass is 10.0. The Morgan fingerprint density at radius 1 is 1.36 bits per heavy atom. The number of nitrogens with two attached hydrogens (primary N) is 1. The second kappa shape index (κ2) is 2.95. The molecule has 0 amide bonds. The van der Waals surface area contributed by atoms with Gasteiger partial charge >= 0.3 is 0 Å². The van der Waals surface area contributed by atoms with Gasteiger partial charge in [0, 0.05) is 6.54 Å². The van der Waals surface area contributed by atoms with E-state index in [4.69, 9.17) is 5.73 Å². The van der Waals surface area contributed by atoms with Gasteiger partial charge in [0.15, 0.2) is 4.73 Å². The summed E-state index contributed by atoms with van der Waals surface area (Å²) in [5.74, 6) is 3.20. The third kappa shape index (κ3) is 1.43. The summed E-state index contributed by atoms with van der Waals surface area (Å²) in [6.45, 7) is 0.970. The van der Waals surface area contributed by atoms with E-state index in [1.807, 2.05) is 4.68 Å². The highest BCUT2D eigenvalue weighted by molar-refractivity contribution is 9.10. The van der Waals surface area contributed by atoms with E-state index in [1.54, 1.807) is 0 Å². The summed E-state index contributed by atoms with van der Waals surface area (Å²) in [4.78, 5) is 4.03. The van der Waals surface area contributed by atoms with Crippen molar-refractivity contribution in [2.75, 3.05) is 5.73 Å². The van der Waals surface area contributed by atoms with Crippen LogP contribution in [0.25, 0.3) is 0 Å². The van der Waals surface area contributed by atoms with Gasteiger partial charge in [-0.1, -0.05) is 0 Å². The predicted octanol–water partition coefficient (Wildman–Crippen LogP) is 1.67. The van der Waals surface area contributed by atoms with Crippen molar-refractivity contribution in [3.8, 4) is 0 Å². The second-order valence-electron chi connectivity index (χ2n) is 4.51. The molecule has 3 rings (SSSR count). The Morgan fingerprint density at radius 2 is 2.07 bits per heavy atom. The number of hydrogen-bond acceptors (Lipinski definition) is 3. The minimum Gasteiger partial charge on any atom is -0.366 e. The standard InChI is InChI=1S/C9H13BrN4/c10-8-12-9(11)13-14(8)4-5-1-6-3-7(6)2-5/h5-7H,1-4H2,(H2,11,13). The zero-order valence-corrected chi connectivity index (χ0v) is 9.44. The molecule has 0 bridgehead atoms. The number of rotatable bonds is 2. The van der Waals surface area contributed by atoms with E-state index >= 15 is 0 Å². The zero-order chi connectivity index (χ0) is 9.71. The summed E-state index contributed by atoms with van der Waals surface area (Å²) >= 11 is 3.36. The molecule has 2 unspecified atom stereocenters. The van der Waals surface area contributed by atoms with E-state index < -0.39 is 0 Å². The molecule has 2 atom stereocenters. The van der Waals surface area contributed by atoms with E-state index in [-0.39, 0.29) is 0 Å². The van der Waals surface area contributed by atoms with Gasteiger partial charge in [-0.25, -0.2) is 4.68 Å². The van der Waals surface area contributed by atoms with Crippen LogP contribution in [0.4, 0.5) is 5.95 Å². The molecule has 2 saturated carbocycles. The highest BCUT2D eigenvalue weighted by atomic mass is 79.9. The van der Waals surface area contributed by atoms with Crippen LogP contribution in [0, 0.1) is 17.8 Å². The van der Waals surface area contributed by atoms with E-state index in [9.17, 15) is 0 Å². The van der Waals surface area contributed by atoms with Gasteiger partial charge in [0.1, 0.15) is 0 Å². The van der Waals surface area contributed by atoms with Gasteiger partial charge in [0.25, 0.3) is 0 Å². The Hall–Kier alpha value is -0.580. The number of anilines is 1. The number of nitrogen functional groups attached to an aromatic ring is 1. The van der Waals surface area contributed by atoms with Crippen LogP contribution in [0.15, 0.2) is 4.73 Å². The summed E-state index contributed by atoms with van der Waals surface area (Å²) in [5, 5.41) is 4.15. The van der Waals surface area contributed by atoms with Gasteiger partial charge in [0.05, 0.1) is 0 Å². The highest BCUT2D eigenvalue weighted by Gasteiger charge is 2.45. The molecule has 0 radical (unpaired) electrons. The summed E-state index contributed by atoms with van der Waals surface area (Å²) < 4.78 is 2.64. The number of halogens is 1. The fourth-order valence-corrected chi connectivity index (χ4v) is 3.10. The van der Waals surface area contributed by atoms with Crippen molar-refractivity contribution < 1.29 is 0 Å². The maximum absolute atomic E-state index is 5.52. The molecule has 2 aliphatic carbocycles. The molecule has 1 aromatic heterocycles. The van der Waals surface area contributed by atoms with Crippen molar-refractivity contribution in [2.24, 2.45) is 17.8 Å². The monoisotopic (exact) mass is 256 g/mol. The fourth-order valence-electron chi connectivity index (χ4n) is 2.69. The van der Waals surface area contributed by atoms with Gasteiger partial charge in [-0.2, -0.15) is 4.98 Å². The van der Waals surface area contributed by atoms with Crippen LogP contribution in [-0.4, -0.2) is 14.8 Å². The summed E-state index contributed by atoms with van der Waals surface area (Å²) in [6.07, 6.45) is 4.21. The van der Waals surface area contributed by atoms with E-state index in [0.29, 0.717) is 5.95 Å². The molecule has 76 valence electrons. The maximum Gasteiger partial charge on any atom is 0.240 e. The third-order valence-electron chi connectivity index (χ3n) is 3.42. The Balaban J connectivity index is 1.69. The van der Waals surface area contributed by atoms with Crippen molar-refractivity contribution in [1.82, 2.24) is 14.8 Å². The van der Waals surface area contributed by atoms with Crippen LogP contribution in [-0.2, 0) is 6.54 Å². The zero-order valence-electron chi connectivity index (χ0n) is 7.86. The molecule has 2 fully saturated rings. The van der Waals surface area contributed by atoms with Crippen LogP contribution in [0.3, 0.4) is 0 Å². The molecule has 0 spiro atoms. The lowest BCUT2D eigenvalue weighted by molar-refractivity contribution is 0.390. The minimum atomic E-state index is 0.361. The highest BCUT2D eigenvalue weighted by Crippen LogP contribution is 2.54. The van der Waals surface area contributed by atoms with E-state index in [2.05, 4.69) is 26.0 Å². The summed E-state index contributed by atoms with van der Waals surface area (Å²) in [5.41, 5.74) is 5.52. The lowest BCUT2D eigenvalue weighted by Gasteiger charge is -2.11. The third-order valence-corrected chi connectivity index (χ3v) is 4.00. The first-order valence-corrected chi connectivity index (χ1v) is 5.87. The largest absolute Gasteiger partial charge is 0.366 e. The molecule has 1 heterocycles. The molecule has 0 aromatic carbocycles. The molecular weight excluding hydrogens is 244 g/mol. The Bertz CT molecular complexity index is 352. The van der Waals surface area contributed by atoms with Gasteiger partial charge in [-0.3, -0.25) is 0 Å². The maximum atomic E-state index is 5.52. The number of nitrogens with zero attached hydrogens (tertiary/aromatic N) is 3. The van der Waals surface area contributed by atoms with Gasteiger partial charge in [-0.15, -0.1) is 5.10 Å². The molecule has 4 nitrogen and oxygen atoms in total. The number of fused-ring (bicyclic) bond motifs is 1. The van der Waals surface area contributed by atoms with Crippen molar-refractivity contribution in [2.45, 2.75) is 25.8 Å². The van der Waals surface area contributed by atoms with Gasteiger partial charge < -0.3 is 5.73 Å². The van der Waals surface area contributed by atoms with Gasteiger partial charge in [0.2, 0.25) is 5.95 Å². The molecule has 0 saturated heterocycles. The first-order valence-electron chi connectivity index (χ1n) is 5.08. The summed E-state index contributed by atoms with van der Waals surface area (Å²) in [6, 6.07) is 0. The minimum absolute atomic E-state index is 0.361. The molecular formula is C9H13BrN4. The van der Waals surface area contributed by atoms with Crippen molar-refractivity contribution in [3.63, 3.8) is 0 Å². The summed E-state index contributed by atoms with van der Waals surface area (Å²) in [7, 11) is 0. The predicted molar refractivity (Wildman–Crippen MR) is 56.5 cm³/mol. The lowest BCUT2D eigenvalue weighted by Crippen LogP contribution is -2.11. The van der Waals surface area contributed by atoms with E-state index in [0.717, 1.165) is 29.0 Å².